The molecule has 208 valence electrons. The maximum atomic E-state index is 12.1. The van der Waals surface area contributed by atoms with Crippen LogP contribution in [0.2, 0.25) is 0 Å². The summed E-state index contributed by atoms with van der Waals surface area (Å²) in [4.78, 5) is 23.5. The molecular formula is C30H39N5O2S2. The van der Waals surface area contributed by atoms with Crippen molar-refractivity contribution in [2.75, 3.05) is 0 Å². The maximum absolute atomic E-state index is 12.1. The van der Waals surface area contributed by atoms with E-state index in [2.05, 4.69) is 32.1 Å². The van der Waals surface area contributed by atoms with Crippen LogP contribution >= 0.6 is 22.7 Å². The van der Waals surface area contributed by atoms with E-state index in [4.69, 9.17) is 10.3 Å². The molecule has 0 radical (unpaired) electrons. The molecule has 4 aromatic rings. The number of esters is 1. The van der Waals surface area contributed by atoms with Crippen LogP contribution in [0.5, 0.6) is 0 Å². The average molecular weight is 566 g/mol. The number of aromatic nitrogens is 2. The van der Waals surface area contributed by atoms with Gasteiger partial charge < -0.3 is 4.74 Å². The molecule has 2 aromatic heterocycles. The van der Waals surface area contributed by atoms with Gasteiger partial charge in [-0.15, -0.1) is 22.7 Å². The van der Waals surface area contributed by atoms with Gasteiger partial charge in [-0.2, -0.15) is 0 Å². The van der Waals surface area contributed by atoms with Crippen molar-refractivity contribution in [2.24, 2.45) is 5.11 Å². The highest BCUT2D eigenvalue weighted by atomic mass is 32.1. The summed E-state index contributed by atoms with van der Waals surface area (Å²) in [6.45, 7) is 5.67. The third kappa shape index (κ3) is 12.3. The quantitative estimate of drug-likeness (QED) is 0.0873. The lowest BCUT2D eigenvalue weighted by molar-refractivity contribution is -0.155. The van der Waals surface area contributed by atoms with Gasteiger partial charge in [-0.05, 0) is 50.3 Å². The second-order valence-electron chi connectivity index (χ2n) is 9.33. The summed E-state index contributed by atoms with van der Waals surface area (Å²) in [5.41, 5.74) is 10.5. The lowest BCUT2D eigenvalue weighted by Crippen LogP contribution is -2.25. The summed E-state index contributed by atoms with van der Waals surface area (Å²) in [7, 11) is 0. The van der Waals surface area contributed by atoms with E-state index in [0.29, 0.717) is 12.8 Å². The van der Waals surface area contributed by atoms with Crippen LogP contribution in [-0.2, 0) is 22.4 Å². The summed E-state index contributed by atoms with van der Waals surface area (Å²) in [5, 5.41) is 9.48. The van der Waals surface area contributed by atoms with Crippen LogP contribution in [0.3, 0.4) is 0 Å². The van der Waals surface area contributed by atoms with Crippen molar-refractivity contribution in [3.8, 4) is 0 Å². The number of hydrogen-bond acceptors (Lipinski definition) is 7. The van der Waals surface area contributed by atoms with Gasteiger partial charge in [-0.1, -0.05) is 80.6 Å². The average Bonchev–Trinajstić information content (AvgIpc) is 3.59. The SMILES string of the molecule is C.C.CC(C)(C)OC(=O)C[C@@H](Cc1ccccc1)c1nccs1.[N-]=[N+]=N[C@@H](Cc1ccccc1)c1nccs1. The first-order valence-electron chi connectivity index (χ1n) is 12.0. The van der Waals surface area contributed by atoms with Gasteiger partial charge in [0.1, 0.15) is 10.6 Å². The third-order valence-corrected chi connectivity index (χ3v) is 6.97. The first-order chi connectivity index (χ1) is 17.8. The Bertz CT molecular complexity index is 1240. The van der Waals surface area contributed by atoms with E-state index in [0.717, 1.165) is 22.0 Å². The summed E-state index contributed by atoms with van der Waals surface area (Å²) in [6, 6.07) is 19.9. The Kier molecular flexibility index (Phi) is 14.7. The Labute approximate surface area is 240 Å². The molecule has 2 aromatic carbocycles. The fourth-order valence-corrected chi connectivity index (χ4v) is 5.05. The summed E-state index contributed by atoms with van der Waals surface area (Å²) < 4.78 is 5.44. The number of ether oxygens (including phenoxy) is 1. The number of carbonyl (C=O) groups excluding carboxylic acids is 1. The molecule has 0 aliphatic carbocycles. The highest BCUT2D eigenvalue weighted by Gasteiger charge is 2.23. The molecule has 0 N–H and O–H groups in total. The van der Waals surface area contributed by atoms with Gasteiger partial charge in [0.2, 0.25) is 0 Å². The second kappa shape index (κ2) is 17.1. The Morgan fingerprint density at radius 3 is 1.87 bits per heavy atom. The number of azide groups is 1. The van der Waals surface area contributed by atoms with Gasteiger partial charge in [-0.3, -0.25) is 4.79 Å². The molecule has 2 heterocycles. The van der Waals surface area contributed by atoms with Crippen LogP contribution in [0.15, 0.2) is 88.9 Å². The van der Waals surface area contributed by atoms with Crippen LogP contribution in [0.25, 0.3) is 10.4 Å². The molecule has 0 saturated heterocycles. The molecule has 0 aliphatic heterocycles. The molecule has 4 rings (SSSR count). The molecule has 0 fully saturated rings. The Balaban J connectivity index is 0.000000382. The van der Waals surface area contributed by atoms with Crippen molar-refractivity contribution >= 4 is 28.6 Å². The maximum Gasteiger partial charge on any atom is 0.307 e. The van der Waals surface area contributed by atoms with E-state index in [-0.39, 0.29) is 32.8 Å². The number of hydrogen-bond donors (Lipinski definition) is 0. The zero-order chi connectivity index (χ0) is 26.5. The lowest BCUT2D eigenvalue weighted by atomic mass is 9.96. The van der Waals surface area contributed by atoms with E-state index in [1.54, 1.807) is 23.7 Å². The minimum Gasteiger partial charge on any atom is -0.460 e. The number of carbonyl (C=O) groups is 1. The molecular weight excluding hydrogens is 526 g/mol. The first-order valence-corrected chi connectivity index (χ1v) is 13.7. The van der Waals surface area contributed by atoms with E-state index >= 15 is 0 Å². The normalized spacial score (nSPS) is 11.8. The number of benzene rings is 2. The fraction of sp³-hybridized carbons (Fsp3) is 0.367. The van der Waals surface area contributed by atoms with Crippen molar-refractivity contribution in [2.45, 2.75) is 72.4 Å². The molecule has 2 atom stereocenters. The summed E-state index contributed by atoms with van der Waals surface area (Å²) in [5.74, 6) is -0.0964. The molecule has 9 heteroatoms. The van der Waals surface area contributed by atoms with Gasteiger partial charge in [0.25, 0.3) is 0 Å². The van der Waals surface area contributed by atoms with Crippen molar-refractivity contribution in [3.05, 3.63) is 115 Å². The molecule has 0 unspecified atom stereocenters. The van der Waals surface area contributed by atoms with Gasteiger partial charge in [0.05, 0.1) is 17.5 Å². The topological polar surface area (TPSA) is 101 Å². The van der Waals surface area contributed by atoms with Gasteiger partial charge in [0, 0.05) is 34.0 Å². The predicted molar refractivity (Wildman–Crippen MR) is 163 cm³/mol. The molecule has 0 amide bonds. The predicted octanol–water partition coefficient (Wildman–Crippen LogP) is 9.21. The first kappa shape index (κ1) is 33.5. The van der Waals surface area contributed by atoms with Crippen LogP contribution in [0.1, 0.15) is 75.1 Å². The molecule has 7 nitrogen and oxygen atoms in total. The summed E-state index contributed by atoms with van der Waals surface area (Å²) >= 11 is 3.11. The Morgan fingerprint density at radius 2 is 1.41 bits per heavy atom. The molecule has 0 spiro atoms. The van der Waals surface area contributed by atoms with E-state index in [1.165, 1.54) is 16.9 Å². The van der Waals surface area contributed by atoms with Crippen molar-refractivity contribution in [1.82, 2.24) is 9.97 Å². The highest BCUT2D eigenvalue weighted by Crippen LogP contribution is 2.27. The number of rotatable bonds is 9. The number of thiazole rings is 2. The largest absolute Gasteiger partial charge is 0.460 e. The molecule has 0 aliphatic rings. The standard InChI is InChI=1S/C17H21NO2S.C11H10N4S.2CH4/c1-17(2,3)20-15(19)12-14(16-18-9-10-21-16)11-13-7-5-4-6-8-13;12-15-14-10(11-13-6-7-16-11)8-9-4-2-1-3-5-9;;/h4-10,14H,11-12H2,1-3H3;1-7,10H,8H2;2*1H4/t14-;10-;;/m10../s1. The minimum absolute atomic E-state index is 0. The Morgan fingerprint density at radius 1 is 0.897 bits per heavy atom. The monoisotopic (exact) mass is 565 g/mol. The Hall–Kier alpha value is -3.52. The van der Waals surface area contributed by atoms with Crippen LogP contribution in [0, 0.1) is 0 Å². The van der Waals surface area contributed by atoms with Gasteiger partial charge >= 0.3 is 5.97 Å². The smallest absolute Gasteiger partial charge is 0.307 e. The second-order valence-corrected chi connectivity index (χ2v) is 11.2. The molecule has 0 bridgehead atoms. The minimum atomic E-state index is -0.447. The van der Waals surface area contributed by atoms with Crippen molar-refractivity contribution in [3.63, 3.8) is 0 Å². The van der Waals surface area contributed by atoms with Crippen LogP contribution in [-0.4, -0.2) is 21.5 Å². The lowest BCUT2D eigenvalue weighted by Gasteiger charge is -2.21. The molecule has 0 saturated carbocycles. The van der Waals surface area contributed by atoms with E-state index in [9.17, 15) is 4.79 Å². The highest BCUT2D eigenvalue weighted by molar-refractivity contribution is 7.09. The fourth-order valence-electron chi connectivity index (χ4n) is 3.64. The summed E-state index contributed by atoms with van der Waals surface area (Å²) in [6.07, 6.45) is 5.36. The van der Waals surface area contributed by atoms with E-state index in [1.807, 2.05) is 80.1 Å². The zero-order valence-electron chi connectivity index (χ0n) is 21.2. The van der Waals surface area contributed by atoms with Gasteiger partial charge in [-0.25, -0.2) is 9.97 Å². The van der Waals surface area contributed by atoms with Crippen LogP contribution in [0.4, 0.5) is 0 Å². The molecule has 39 heavy (non-hydrogen) atoms. The van der Waals surface area contributed by atoms with Crippen molar-refractivity contribution in [1.29, 1.82) is 0 Å². The van der Waals surface area contributed by atoms with E-state index < -0.39 is 5.60 Å². The van der Waals surface area contributed by atoms with Crippen LogP contribution < -0.4 is 0 Å². The van der Waals surface area contributed by atoms with Gasteiger partial charge in [0.15, 0.2) is 0 Å². The zero-order valence-corrected chi connectivity index (χ0v) is 22.9. The van der Waals surface area contributed by atoms with Crippen molar-refractivity contribution < 1.29 is 9.53 Å². The number of nitrogens with zero attached hydrogens (tertiary/aromatic N) is 5. The third-order valence-electron chi connectivity index (χ3n) is 5.16.